The molecule has 158 valence electrons. The van der Waals surface area contributed by atoms with Crippen molar-refractivity contribution in [2.75, 3.05) is 13.2 Å². The number of nitrogens with two attached hydrogens (primary N) is 1. The minimum atomic E-state index is -0.612. The number of nitrogens with zero attached hydrogens (tertiary/aromatic N) is 2. The van der Waals surface area contributed by atoms with Crippen molar-refractivity contribution in [3.63, 3.8) is 0 Å². The molecule has 2 heterocycles. The molecule has 0 spiro atoms. The lowest BCUT2D eigenvalue weighted by atomic mass is 9.81. The molecule has 2 amide bonds. The Hall–Kier alpha value is -1.83. The zero-order chi connectivity index (χ0) is 20.6. The van der Waals surface area contributed by atoms with Crippen molar-refractivity contribution >= 4 is 18.0 Å². The topological polar surface area (TPSA) is 102 Å². The van der Waals surface area contributed by atoms with E-state index >= 15 is 0 Å². The summed E-state index contributed by atoms with van der Waals surface area (Å²) in [6.07, 6.45) is 2.76. The van der Waals surface area contributed by atoms with Gasteiger partial charge in [-0.05, 0) is 53.4 Å². The van der Waals surface area contributed by atoms with Crippen molar-refractivity contribution in [1.82, 2.24) is 9.80 Å². The van der Waals surface area contributed by atoms with Crippen LogP contribution in [0.5, 0.6) is 0 Å². The number of amides is 2. The number of carbonyl (C=O) groups excluding carboxylic acids is 3. The summed E-state index contributed by atoms with van der Waals surface area (Å²) in [6, 6.07) is -0.730. The summed E-state index contributed by atoms with van der Waals surface area (Å²) in [5, 5.41) is 0. The molecule has 2 saturated heterocycles. The molecule has 8 heteroatoms. The summed E-state index contributed by atoms with van der Waals surface area (Å²) in [6.45, 7) is 8.21. The van der Waals surface area contributed by atoms with E-state index in [1.54, 1.807) is 11.8 Å². The summed E-state index contributed by atoms with van der Waals surface area (Å²) >= 11 is 0. The van der Waals surface area contributed by atoms with Crippen LogP contribution in [0, 0.1) is 5.92 Å². The molecule has 0 radical (unpaired) electrons. The third-order valence-electron chi connectivity index (χ3n) is 6.05. The molecule has 28 heavy (non-hydrogen) atoms. The molecule has 5 atom stereocenters. The first-order valence-electron chi connectivity index (χ1n) is 10.4. The van der Waals surface area contributed by atoms with Gasteiger partial charge in [0.15, 0.2) is 0 Å². The Morgan fingerprint density at radius 3 is 2.50 bits per heavy atom. The lowest BCUT2D eigenvalue weighted by molar-refractivity contribution is -0.144. The van der Waals surface area contributed by atoms with E-state index in [0.717, 1.165) is 19.3 Å². The summed E-state index contributed by atoms with van der Waals surface area (Å²) in [7, 11) is 0. The van der Waals surface area contributed by atoms with Crippen molar-refractivity contribution in [1.29, 1.82) is 0 Å². The minimum absolute atomic E-state index is 0.00385. The monoisotopic (exact) mass is 395 g/mol. The second-order valence-corrected chi connectivity index (χ2v) is 9.09. The fourth-order valence-electron chi connectivity index (χ4n) is 4.99. The maximum Gasteiger partial charge on any atom is 0.410 e. The van der Waals surface area contributed by atoms with Crippen LogP contribution in [0.15, 0.2) is 0 Å². The Morgan fingerprint density at radius 1 is 1.21 bits per heavy atom. The number of likely N-dealkylation sites (tertiary alicyclic amines) is 2. The Labute approximate surface area is 166 Å². The quantitative estimate of drug-likeness (QED) is 0.726. The summed E-state index contributed by atoms with van der Waals surface area (Å²) in [4.78, 5) is 41.4. The molecule has 0 aromatic rings. The number of ether oxygens (including phenoxy) is 2. The van der Waals surface area contributed by atoms with E-state index < -0.39 is 11.6 Å². The molecule has 2 aliphatic heterocycles. The van der Waals surface area contributed by atoms with Crippen LogP contribution in [0.4, 0.5) is 4.79 Å². The minimum Gasteiger partial charge on any atom is -0.466 e. The third-order valence-corrected chi connectivity index (χ3v) is 6.05. The second-order valence-electron chi connectivity index (χ2n) is 9.09. The first-order valence-corrected chi connectivity index (χ1v) is 10.4. The Morgan fingerprint density at radius 2 is 1.93 bits per heavy atom. The van der Waals surface area contributed by atoms with E-state index in [0.29, 0.717) is 19.6 Å². The first kappa shape index (κ1) is 20.9. The average Bonchev–Trinajstić information content (AvgIpc) is 3.06. The zero-order valence-electron chi connectivity index (χ0n) is 17.3. The standard InChI is InChI=1S/C20H33N3O5/c1-5-27-17(24)11-16-13-10-12(23(16)19(26)28-20(2,3)4)6-7-15(13)22-9-8-14(21)18(22)25/h12-16H,5-11,21H2,1-4H3/t12-,13-,14?,15+,16-/m1/s1. The van der Waals surface area contributed by atoms with Gasteiger partial charge < -0.3 is 25.0 Å². The zero-order valence-corrected chi connectivity index (χ0v) is 17.3. The van der Waals surface area contributed by atoms with Gasteiger partial charge in [0, 0.05) is 24.5 Å². The Bertz CT molecular complexity index is 632. The molecule has 2 N–H and O–H groups in total. The average molecular weight is 396 g/mol. The summed E-state index contributed by atoms with van der Waals surface area (Å²) < 4.78 is 10.8. The van der Waals surface area contributed by atoms with Crippen LogP contribution in [-0.4, -0.2) is 70.7 Å². The molecule has 1 aliphatic carbocycles. The van der Waals surface area contributed by atoms with Gasteiger partial charge >= 0.3 is 12.1 Å². The van der Waals surface area contributed by atoms with E-state index in [-0.39, 0.29) is 48.4 Å². The highest BCUT2D eigenvalue weighted by Gasteiger charge is 2.54. The SMILES string of the molecule is CCOC(=O)C[C@@H]1[C@@H]2C[C@@H](CC[C@@H]2N2CCC(N)C2=O)N1C(=O)OC(C)(C)C. The molecule has 3 rings (SSSR count). The van der Waals surface area contributed by atoms with Crippen molar-refractivity contribution in [2.24, 2.45) is 11.7 Å². The van der Waals surface area contributed by atoms with Crippen molar-refractivity contribution < 1.29 is 23.9 Å². The van der Waals surface area contributed by atoms with Gasteiger partial charge in [-0.15, -0.1) is 0 Å². The third kappa shape index (κ3) is 4.11. The maximum absolute atomic E-state index is 12.9. The number of fused-ring (bicyclic) bond motifs is 2. The van der Waals surface area contributed by atoms with Crippen LogP contribution in [-0.2, 0) is 19.1 Å². The molecule has 0 aromatic heterocycles. The van der Waals surface area contributed by atoms with Gasteiger partial charge in [0.05, 0.1) is 25.1 Å². The predicted octanol–water partition coefficient (Wildman–Crippen LogP) is 1.66. The van der Waals surface area contributed by atoms with Gasteiger partial charge in [-0.1, -0.05) is 0 Å². The van der Waals surface area contributed by atoms with Crippen LogP contribution in [0.25, 0.3) is 0 Å². The lowest BCUT2D eigenvalue weighted by Gasteiger charge is -2.36. The first-order chi connectivity index (χ1) is 13.1. The van der Waals surface area contributed by atoms with Crippen LogP contribution < -0.4 is 5.73 Å². The van der Waals surface area contributed by atoms with Crippen LogP contribution in [0.3, 0.4) is 0 Å². The normalized spacial score (nSPS) is 32.6. The summed E-state index contributed by atoms with van der Waals surface area (Å²) in [5.41, 5.74) is 5.31. The van der Waals surface area contributed by atoms with E-state index in [1.165, 1.54) is 0 Å². The van der Waals surface area contributed by atoms with Crippen molar-refractivity contribution in [3.05, 3.63) is 0 Å². The molecular weight excluding hydrogens is 362 g/mol. The van der Waals surface area contributed by atoms with Crippen LogP contribution in [0.1, 0.15) is 59.8 Å². The van der Waals surface area contributed by atoms with E-state index in [4.69, 9.17) is 15.2 Å². The lowest BCUT2D eigenvalue weighted by Crippen LogP contribution is -2.49. The Balaban J connectivity index is 1.84. The van der Waals surface area contributed by atoms with Gasteiger partial charge in [-0.2, -0.15) is 0 Å². The highest BCUT2D eigenvalue weighted by atomic mass is 16.6. The van der Waals surface area contributed by atoms with Gasteiger partial charge in [0.1, 0.15) is 5.60 Å². The van der Waals surface area contributed by atoms with E-state index in [2.05, 4.69) is 0 Å². The largest absolute Gasteiger partial charge is 0.466 e. The highest BCUT2D eigenvalue weighted by molar-refractivity contribution is 5.84. The molecule has 3 fully saturated rings. The molecule has 3 aliphatic rings. The molecule has 2 bridgehead atoms. The predicted molar refractivity (Wildman–Crippen MR) is 102 cm³/mol. The van der Waals surface area contributed by atoms with Gasteiger partial charge in [-0.25, -0.2) is 4.79 Å². The van der Waals surface area contributed by atoms with Gasteiger partial charge in [0.25, 0.3) is 0 Å². The van der Waals surface area contributed by atoms with Crippen LogP contribution >= 0.6 is 0 Å². The maximum atomic E-state index is 12.9. The van der Waals surface area contributed by atoms with Crippen LogP contribution in [0.2, 0.25) is 0 Å². The molecule has 8 nitrogen and oxygen atoms in total. The van der Waals surface area contributed by atoms with E-state index in [9.17, 15) is 14.4 Å². The number of esters is 1. The van der Waals surface area contributed by atoms with Gasteiger partial charge in [-0.3, -0.25) is 9.59 Å². The van der Waals surface area contributed by atoms with Crippen molar-refractivity contribution in [3.8, 4) is 0 Å². The fraction of sp³-hybridized carbons (Fsp3) is 0.850. The smallest absolute Gasteiger partial charge is 0.410 e. The Kier molecular flexibility index (Phi) is 5.89. The fourth-order valence-corrected chi connectivity index (χ4v) is 4.99. The highest BCUT2D eigenvalue weighted by Crippen LogP contribution is 2.45. The number of hydrogen-bond acceptors (Lipinski definition) is 6. The molecule has 1 saturated carbocycles. The molecule has 1 unspecified atom stereocenters. The molecular formula is C20H33N3O5. The number of carbonyl (C=O) groups is 3. The van der Waals surface area contributed by atoms with E-state index in [1.807, 2.05) is 25.7 Å². The number of rotatable bonds is 4. The molecule has 0 aromatic carbocycles. The van der Waals surface area contributed by atoms with Crippen molar-refractivity contribution in [2.45, 2.75) is 89.6 Å². The summed E-state index contributed by atoms with van der Waals surface area (Å²) in [5.74, 6) is -0.309. The van der Waals surface area contributed by atoms with Gasteiger partial charge in [0.2, 0.25) is 5.91 Å². The number of hydrogen-bond donors (Lipinski definition) is 1. The second kappa shape index (κ2) is 7.89.